The molecule has 0 saturated heterocycles. The van der Waals surface area contributed by atoms with Crippen molar-refractivity contribution in [2.75, 3.05) is 0 Å². The van der Waals surface area contributed by atoms with Crippen molar-refractivity contribution in [2.24, 2.45) is 0 Å². The zero-order valence-electron chi connectivity index (χ0n) is 16.1. The molecule has 2 heteroatoms. The van der Waals surface area contributed by atoms with Crippen LogP contribution in [-0.4, -0.2) is 11.1 Å². The van der Waals surface area contributed by atoms with Gasteiger partial charge in [-0.1, -0.05) is 53.1 Å². The third-order valence-corrected chi connectivity index (χ3v) is 4.28. The van der Waals surface area contributed by atoms with Crippen LogP contribution >= 0.6 is 0 Å². The Morgan fingerprint density at radius 1 is 0.880 bits per heavy atom. The highest BCUT2D eigenvalue weighted by atomic mass is 16.4. The molecule has 0 radical (unpaired) electrons. The van der Waals surface area contributed by atoms with E-state index in [0.717, 1.165) is 44.1 Å². The first kappa shape index (κ1) is 21.0. The van der Waals surface area contributed by atoms with E-state index in [1.807, 2.05) is 12.1 Å². The van der Waals surface area contributed by atoms with E-state index in [-0.39, 0.29) is 0 Å². The monoisotopic (exact) mass is 340 g/mol. The summed E-state index contributed by atoms with van der Waals surface area (Å²) in [5.74, 6) is -0.843. The molecule has 2 nitrogen and oxygen atoms in total. The number of rotatable bonds is 10. The van der Waals surface area contributed by atoms with E-state index in [4.69, 9.17) is 0 Å². The van der Waals surface area contributed by atoms with Crippen molar-refractivity contribution in [3.63, 3.8) is 0 Å². The van der Waals surface area contributed by atoms with Crippen molar-refractivity contribution in [3.05, 3.63) is 70.3 Å². The van der Waals surface area contributed by atoms with Gasteiger partial charge in [-0.15, -0.1) is 0 Å². The number of carboxylic acids is 1. The number of aryl methyl sites for hydroxylation is 1. The van der Waals surface area contributed by atoms with Gasteiger partial charge in [-0.05, 0) is 77.8 Å². The summed E-state index contributed by atoms with van der Waals surface area (Å²) in [6.45, 7) is 8.65. The van der Waals surface area contributed by atoms with Crippen molar-refractivity contribution in [1.29, 1.82) is 0 Å². The molecular formula is C23H32O2. The van der Waals surface area contributed by atoms with E-state index in [1.54, 1.807) is 12.1 Å². The highest BCUT2D eigenvalue weighted by Crippen LogP contribution is 2.14. The van der Waals surface area contributed by atoms with Crippen LogP contribution in [0.25, 0.3) is 0 Å². The van der Waals surface area contributed by atoms with Gasteiger partial charge in [0, 0.05) is 0 Å². The Morgan fingerprint density at radius 3 is 2.04 bits per heavy atom. The molecule has 0 aliphatic rings. The first-order valence-electron chi connectivity index (χ1n) is 9.16. The second-order valence-electron chi connectivity index (χ2n) is 6.96. The van der Waals surface area contributed by atoms with Crippen molar-refractivity contribution >= 4 is 5.97 Å². The highest BCUT2D eigenvalue weighted by Gasteiger charge is 2.07. The highest BCUT2D eigenvalue weighted by molar-refractivity contribution is 5.89. The molecule has 25 heavy (non-hydrogen) atoms. The Bertz CT molecular complexity index is 644. The predicted octanol–water partition coefficient (Wildman–Crippen LogP) is 6.74. The minimum atomic E-state index is -0.843. The minimum absolute atomic E-state index is 0.420. The molecule has 1 rings (SSSR count). The molecule has 0 saturated carbocycles. The SMILES string of the molecule is CC(C)=CCC/C(C)=C/CC/C(C)=C/CCc1ccccc1C(=O)O. The predicted molar refractivity (Wildman–Crippen MR) is 107 cm³/mol. The van der Waals surface area contributed by atoms with Gasteiger partial charge in [0.25, 0.3) is 0 Å². The molecule has 0 aliphatic carbocycles. The van der Waals surface area contributed by atoms with Crippen LogP contribution in [0.4, 0.5) is 0 Å². The topological polar surface area (TPSA) is 37.3 Å². The number of hydrogen-bond donors (Lipinski definition) is 1. The van der Waals surface area contributed by atoms with Gasteiger partial charge in [0.05, 0.1) is 5.56 Å². The summed E-state index contributed by atoms with van der Waals surface area (Å²) in [6, 6.07) is 7.27. The van der Waals surface area contributed by atoms with E-state index >= 15 is 0 Å². The molecule has 0 fully saturated rings. The maximum Gasteiger partial charge on any atom is 0.335 e. The fourth-order valence-electron chi connectivity index (χ4n) is 2.76. The van der Waals surface area contributed by atoms with E-state index in [0.29, 0.717) is 5.56 Å². The van der Waals surface area contributed by atoms with Crippen molar-refractivity contribution in [3.8, 4) is 0 Å². The summed E-state index contributed by atoms with van der Waals surface area (Å²) in [7, 11) is 0. The largest absolute Gasteiger partial charge is 0.478 e. The average Bonchev–Trinajstić information content (AvgIpc) is 2.54. The van der Waals surface area contributed by atoms with E-state index in [1.165, 1.54) is 16.7 Å². The molecule has 1 aromatic rings. The average molecular weight is 341 g/mol. The number of hydrogen-bond acceptors (Lipinski definition) is 1. The quantitative estimate of drug-likeness (QED) is 0.479. The second kappa shape index (κ2) is 11.5. The zero-order valence-corrected chi connectivity index (χ0v) is 16.1. The Morgan fingerprint density at radius 2 is 1.44 bits per heavy atom. The lowest BCUT2D eigenvalue weighted by molar-refractivity contribution is 0.0695. The molecule has 0 aromatic heterocycles. The van der Waals surface area contributed by atoms with Gasteiger partial charge in [-0.25, -0.2) is 4.79 Å². The van der Waals surface area contributed by atoms with Gasteiger partial charge >= 0.3 is 5.97 Å². The van der Waals surface area contributed by atoms with Crippen molar-refractivity contribution in [2.45, 2.75) is 66.2 Å². The molecule has 0 amide bonds. The number of allylic oxidation sites excluding steroid dienone is 6. The number of aromatic carboxylic acids is 1. The first-order valence-corrected chi connectivity index (χ1v) is 9.16. The molecule has 1 aromatic carbocycles. The Labute approximate surface area is 153 Å². The first-order chi connectivity index (χ1) is 11.9. The summed E-state index contributed by atoms with van der Waals surface area (Å²) in [5.41, 5.74) is 5.55. The van der Waals surface area contributed by atoms with Gasteiger partial charge in [-0.2, -0.15) is 0 Å². The van der Waals surface area contributed by atoms with Crippen LogP contribution in [0.2, 0.25) is 0 Å². The third kappa shape index (κ3) is 9.09. The van der Waals surface area contributed by atoms with Crippen LogP contribution in [0.3, 0.4) is 0 Å². The van der Waals surface area contributed by atoms with Gasteiger partial charge in [0.15, 0.2) is 0 Å². The normalized spacial score (nSPS) is 12.2. The van der Waals surface area contributed by atoms with Gasteiger partial charge in [-0.3, -0.25) is 0 Å². The van der Waals surface area contributed by atoms with E-state index in [9.17, 15) is 9.90 Å². The van der Waals surface area contributed by atoms with E-state index < -0.39 is 5.97 Å². The van der Waals surface area contributed by atoms with Crippen LogP contribution in [0.1, 0.15) is 75.7 Å². The van der Waals surface area contributed by atoms with Gasteiger partial charge in [0.2, 0.25) is 0 Å². The smallest absolute Gasteiger partial charge is 0.335 e. The molecule has 0 spiro atoms. The fraction of sp³-hybridized carbons (Fsp3) is 0.435. The summed E-state index contributed by atoms with van der Waals surface area (Å²) in [4.78, 5) is 11.2. The van der Waals surface area contributed by atoms with Crippen molar-refractivity contribution in [1.82, 2.24) is 0 Å². The lowest BCUT2D eigenvalue weighted by Gasteiger charge is -2.05. The molecule has 0 bridgehead atoms. The minimum Gasteiger partial charge on any atom is -0.478 e. The van der Waals surface area contributed by atoms with E-state index in [2.05, 4.69) is 45.9 Å². The Kier molecular flexibility index (Phi) is 9.61. The summed E-state index contributed by atoms with van der Waals surface area (Å²) in [6.07, 6.45) is 13.0. The molecule has 0 atom stereocenters. The van der Waals surface area contributed by atoms with Gasteiger partial charge in [0.1, 0.15) is 0 Å². The van der Waals surface area contributed by atoms with Crippen LogP contribution in [0.15, 0.2) is 59.2 Å². The van der Waals surface area contributed by atoms with Gasteiger partial charge < -0.3 is 5.11 Å². The molecule has 136 valence electrons. The summed E-state index contributed by atoms with van der Waals surface area (Å²) in [5, 5.41) is 9.21. The maximum atomic E-state index is 11.2. The molecular weight excluding hydrogens is 308 g/mol. The van der Waals surface area contributed by atoms with Crippen molar-refractivity contribution < 1.29 is 9.90 Å². The zero-order chi connectivity index (χ0) is 18.7. The number of carboxylic acid groups (broad SMARTS) is 1. The summed E-state index contributed by atoms with van der Waals surface area (Å²) < 4.78 is 0. The maximum absolute atomic E-state index is 11.2. The summed E-state index contributed by atoms with van der Waals surface area (Å²) >= 11 is 0. The molecule has 0 aliphatic heterocycles. The Hall–Kier alpha value is -2.09. The number of carbonyl (C=O) groups is 1. The lowest BCUT2D eigenvalue weighted by Crippen LogP contribution is -2.01. The Balaban J connectivity index is 2.39. The molecule has 0 unspecified atom stereocenters. The molecule has 0 heterocycles. The fourth-order valence-corrected chi connectivity index (χ4v) is 2.76. The standard InChI is InChI=1S/C23H32O2/c1-18(2)10-7-11-19(3)12-8-13-20(4)14-9-16-21-15-5-6-17-22(21)23(24)25/h5-6,10,12,14-15,17H,7-9,11,13,16H2,1-4H3,(H,24,25)/b19-12+,20-14+. The van der Waals surface area contributed by atoms with Crippen LogP contribution < -0.4 is 0 Å². The number of benzene rings is 1. The van der Waals surface area contributed by atoms with Crippen LogP contribution in [0, 0.1) is 0 Å². The lowest BCUT2D eigenvalue weighted by atomic mass is 10.0. The van der Waals surface area contributed by atoms with Crippen LogP contribution in [-0.2, 0) is 6.42 Å². The van der Waals surface area contributed by atoms with Crippen LogP contribution in [0.5, 0.6) is 0 Å². The molecule has 1 N–H and O–H groups in total. The second-order valence-corrected chi connectivity index (χ2v) is 6.96. The third-order valence-electron chi connectivity index (χ3n) is 4.28.